The highest BCUT2D eigenvalue weighted by Crippen LogP contribution is 2.34. The van der Waals surface area contributed by atoms with Crippen LogP contribution in [0.3, 0.4) is 0 Å². The maximum absolute atomic E-state index is 9.49. The number of hydrogen-bond donors (Lipinski definition) is 1. The molecule has 0 bridgehead atoms. The molecule has 0 radical (unpaired) electrons. The van der Waals surface area contributed by atoms with Gasteiger partial charge in [0.15, 0.2) is 0 Å². The van der Waals surface area contributed by atoms with Crippen LogP contribution in [0.2, 0.25) is 0 Å². The van der Waals surface area contributed by atoms with Crippen LogP contribution >= 0.6 is 11.8 Å². The van der Waals surface area contributed by atoms with Gasteiger partial charge in [-0.05, 0) is 20.8 Å². The molecule has 0 amide bonds. The lowest BCUT2D eigenvalue weighted by molar-refractivity contribution is 0.281. The Balaban J connectivity index is 2.33. The highest BCUT2D eigenvalue weighted by molar-refractivity contribution is 8.00. The zero-order chi connectivity index (χ0) is 12.6. The van der Waals surface area contributed by atoms with Gasteiger partial charge in [-0.2, -0.15) is 16.9 Å². The fourth-order valence-electron chi connectivity index (χ4n) is 2.47. The van der Waals surface area contributed by atoms with Gasteiger partial charge in [-0.15, -0.1) is 0 Å². The first-order valence-electron chi connectivity index (χ1n) is 5.97. The van der Waals surface area contributed by atoms with Crippen LogP contribution in [0.15, 0.2) is 0 Å². The predicted molar refractivity (Wildman–Crippen MR) is 72.6 cm³/mol. The van der Waals surface area contributed by atoms with Crippen molar-refractivity contribution in [3.05, 3.63) is 11.3 Å². The Bertz CT molecular complexity index is 414. The molecule has 1 aliphatic rings. The minimum Gasteiger partial charge on any atom is -0.391 e. The van der Waals surface area contributed by atoms with Gasteiger partial charge in [0.25, 0.3) is 0 Å². The lowest BCUT2D eigenvalue weighted by atomic mass is 10.1. The summed E-state index contributed by atoms with van der Waals surface area (Å²) in [6.07, 6.45) is 0. The van der Waals surface area contributed by atoms with E-state index in [1.165, 1.54) is 0 Å². The summed E-state index contributed by atoms with van der Waals surface area (Å²) in [4.78, 5) is 2.35. The maximum atomic E-state index is 9.49. The van der Waals surface area contributed by atoms with Crippen molar-refractivity contribution in [3.63, 3.8) is 0 Å². The van der Waals surface area contributed by atoms with Crippen molar-refractivity contribution < 1.29 is 5.11 Å². The van der Waals surface area contributed by atoms with Crippen molar-refractivity contribution in [1.82, 2.24) is 9.78 Å². The zero-order valence-electron chi connectivity index (χ0n) is 11.0. The Hall–Kier alpha value is -0.680. The van der Waals surface area contributed by atoms with Crippen LogP contribution in [0.5, 0.6) is 0 Å². The number of aliphatic hydroxyl groups excluding tert-OH is 1. The summed E-state index contributed by atoms with van der Waals surface area (Å²) in [5.41, 5.74) is 1.90. The topological polar surface area (TPSA) is 41.3 Å². The third-order valence-electron chi connectivity index (χ3n) is 3.20. The summed E-state index contributed by atoms with van der Waals surface area (Å²) in [6.45, 7) is 8.60. The molecule has 5 heteroatoms. The van der Waals surface area contributed by atoms with E-state index in [0.717, 1.165) is 35.9 Å². The first-order valence-corrected chi connectivity index (χ1v) is 6.95. The molecule has 0 aromatic carbocycles. The summed E-state index contributed by atoms with van der Waals surface area (Å²) in [5, 5.41) is 13.9. The summed E-state index contributed by atoms with van der Waals surface area (Å²) in [6, 6.07) is 0. The van der Waals surface area contributed by atoms with Gasteiger partial charge in [0, 0.05) is 36.2 Å². The van der Waals surface area contributed by atoms with Gasteiger partial charge in [0.2, 0.25) is 0 Å². The van der Waals surface area contributed by atoms with Gasteiger partial charge in [0.1, 0.15) is 5.82 Å². The smallest absolute Gasteiger partial charge is 0.132 e. The summed E-state index contributed by atoms with van der Waals surface area (Å²) in [7, 11) is 1.95. The van der Waals surface area contributed by atoms with Gasteiger partial charge in [-0.25, -0.2) is 0 Å². The fraction of sp³-hybridized carbons (Fsp3) is 0.750. The number of hydrogen-bond acceptors (Lipinski definition) is 4. The largest absolute Gasteiger partial charge is 0.391 e. The molecule has 1 saturated heterocycles. The van der Waals surface area contributed by atoms with Crippen LogP contribution in [-0.4, -0.2) is 38.5 Å². The third-order valence-corrected chi connectivity index (χ3v) is 4.49. The zero-order valence-corrected chi connectivity index (χ0v) is 11.8. The molecule has 1 aromatic heterocycles. The van der Waals surface area contributed by atoms with Crippen LogP contribution in [0.1, 0.15) is 25.1 Å². The molecule has 0 saturated carbocycles. The number of aliphatic hydroxyl groups is 1. The fourth-order valence-corrected chi connectivity index (χ4v) is 3.58. The Kier molecular flexibility index (Phi) is 3.41. The van der Waals surface area contributed by atoms with Crippen molar-refractivity contribution >= 4 is 17.6 Å². The van der Waals surface area contributed by atoms with E-state index in [0.29, 0.717) is 0 Å². The quantitative estimate of drug-likeness (QED) is 0.870. The van der Waals surface area contributed by atoms with E-state index in [2.05, 4.69) is 23.8 Å². The maximum Gasteiger partial charge on any atom is 0.132 e. The minimum atomic E-state index is 0.0685. The van der Waals surface area contributed by atoms with Gasteiger partial charge in [0.05, 0.1) is 12.3 Å². The van der Waals surface area contributed by atoms with Crippen LogP contribution < -0.4 is 4.90 Å². The molecule has 0 unspecified atom stereocenters. The molecule has 1 N–H and O–H groups in total. The van der Waals surface area contributed by atoms with Crippen LogP contribution in [-0.2, 0) is 13.7 Å². The highest BCUT2D eigenvalue weighted by atomic mass is 32.2. The molecule has 0 spiro atoms. The normalized spacial score (nSPS) is 19.7. The molecule has 2 heterocycles. The molecule has 1 aliphatic heterocycles. The Morgan fingerprint density at radius 1 is 1.47 bits per heavy atom. The van der Waals surface area contributed by atoms with Crippen LogP contribution in [0.25, 0.3) is 0 Å². The van der Waals surface area contributed by atoms with E-state index in [1.54, 1.807) is 0 Å². The molecule has 1 fully saturated rings. The first-order chi connectivity index (χ1) is 7.94. The molecule has 17 heavy (non-hydrogen) atoms. The Morgan fingerprint density at radius 3 is 2.76 bits per heavy atom. The predicted octanol–water partition coefficient (Wildman–Crippen LogP) is 1.55. The van der Waals surface area contributed by atoms with Crippen molar-refractivity contribution in [2.24, 2.45) is 7.05 Å². The van der Waals surface area contributed by atoms with Gasteiger partial charge < -0.3 is 10.0 Å². The third kappa shape index (κ3) is 2.45. The summed E-state index contributed by atoms with van der Waals surface area (Å²) < 4.78 is 2.16. The molecule has 96 valence electrons. The first kappa shape index (κ1) is 12.8. The van der Waals surface area contributed by atoms with Crippen molar-refractivity contribution in [2.45, 2.75) is 32.1 Å². The molecule has 1 aromatic rings. The standard InChI is InChI=1S/C12H21N3OS/c1-9-10(7-16)11(14(4)13-9)15-5-6-17-12(2,3)8-15/h16H,5-8H2,1-4H3. The SMILES string of the molecule is Cc1nn(C)c(N2CCSC(C)(C)C2)c1CO. The molecular formula is C12H21N3OS. The number of aryl methyl sites for hydroxylation is 2. The van der Waals surface area contributed by atoms with E-state index in [1.807, 2.05) is 30.4 Å². The van der Waals surface area contributed by atoms with Crippen molar-refractivity contribution in [3.8, 4) is 0 Å². The van der Waals surface area contributed by atoms with E-state index < -0.39 is 0 Å². The highest BCUT2D eigenvalue weighted by Gasteiger charge is 2.30. The number of nitrogens with zero attached hydrogens (tertiary/aromatic N) is 3. The molecule has 0 atom stereocenters. The lowest BCUT2D eigenvalue weighted by Crippen LogP contribution is -2.44. The van der Waals surface area contributed by atoms with Gasteiger partial charge in [-0.1, -0.05) is 0 Å². The van der Waals surface area contributed by atoms with E-state index in [4.69, 9.17) is 0 Å². The molecule has 4 nitrogen and oxygen atoms in total. The van der Waals surface area contributed by atoms with Gasteiger partial charge >= 0.3 is 0 Å². The number of thioether (sulfide) groups is 1. The second kappa shape index (κ2) is 4.53. The van der Waals surface area contributed by atoms with E-state index in [9.17, 15) is 5.11 Å². The van der Waals surface area contributed by atoms with E-state index in [-0.39, 0.29) is 11.4 Å². The van der Waals surface area contributed by atoms with E-state index >= 15 is 0 Å². The number of aromatic nitrogens is 2. The minimum absolute atomic E-state index is 0.0685. The average Bonchev–Trinajstić information content (AvgIpc) is 2.51. The van der Waals surface area contributed by atoms with Crippen LogP contribution in [0.4, 0.5) is 5.82 Å². The lowest BCUT2D eigenvalue weighted by Gasteiger charge is -2.39. The number of rotatable bonds is 2. The molecular weight excluding hydrogens is 234 g/mol. The Morgan fingerprint density at radius 2 is 2.18 bits per heavy atom. The van der Waals surface area contributed by atoms with Crippen molar-refractivity contribution in [2.75, 3.05) is 23.7 Å². The van der Waals surface area contributed by atoms with Crippen molar-refractivity contribution in [1.29, 1.82) is 0 Å². The Labute approximate surface area is 107 Å². The van der Waals surface area contributed by atoms with Crippen LogP contribution in [0, 0.1) is 6.92 Å². The van der Waals surface area contributed by atoms with Gasteiger partial charge in [-0.3, -0.25) is 4.68 Å². The summed E-state index contributed by atoms with van der Waals surface area (Å²) in [5.74, 6) is 2.21. The molecule has 0 aliphatic carbocycles. The molecule has 2 rings (SSSR count). The monoisotopic (exact) mass is 255 g/mol. The number of anilines is 1. The summed E-state index contributed by atoms with van der Waals surface area (Å²) >= 11 is 2.01. The second-order valence-electron chi connectivity index (χ2n) is 5.20. The average molecular weight is 255 g/mol. The second-order valence-corrected chi connectivity index (χ2v) is 7.00.